The number of carbonyl (C=O) groups excluding carboxylic acids is 1. The van der Waals surface area contributed by atoms with Gasteiger partial charge in [0.15, 0.2) is 0 Å². The maximum absolute atomic E-state index is 12.4. The van der Waals surface area contributed by atoms with Crippen LogP contribution >= 0.6 is 23.2 Å². The van der Waals surface area contributed by atoms with Gasteiger partial charge in [-0.05, 0) is 53.9 Å². The molecule has 3 N–H and O–H groups in total. The van der Waals surface area contributed by atoms with Gasteiger partial charge in [0.25, 0.3) is 0 Å². The number of carbonyl (C=O) groups is 1. The lowest BCUT2D eigenvalue weighted by Gasteiger charge is -2.12. The molecule has 0 aliphatic heterocycles. The molecule has 0 bridgehead atoms. The molecule has 138 valence electrons. The van der Waals surface area contributed by atoms with E-state index in [0.717, 1.165) is 16.7 Å². The number of hydrogen-bond acceptors (Lipinski definition) is 2. The van der Waals surface area contributed by atoms with Crippen molar-refractivity contribution in [1.82, 2.24) is 0 Å². The van der Waals surface area contributed by atoms with Crippen molar-refractivity contribution in [3.05, 3.63) is 82.3 Å². The predicted octanol–water partition coefficient (Wildman–Crippen LogP) is 5.84. The molecule has 0 aliphatic rings. The van der Waals surface area contributed by atoms with E-state index in [2.05, 4.69) is 10.6 Å². The first-order valence-electron chi connectivity index (χ1n) is 8.39. The van der Waals surface area contributed by atoms with Gasteiger partial charge in [-0.15, -0.1) is 0 Å². The average Bonchev–Trinajstić information content (AvgIpc) is 2.65. The van der Waals surface area contributed by atoms with E-state index in [1.54, 1.807) is 30.3 Å². The molecule has 2 amide bonds. The van der Waals surface area contributed by atoms with E-state index in [0.29, 0.717) is 27.8 Å². The van der Waals surface area contributed by atoms with Crippen molar-refractivity contribution in [2.75, 3.05) is 17.2 Å². The lowest BCUT2D eigenvalue weighted by Crippen LogP contribution is -2.20. The summed E-state index contributed by atoms with van der Waals surface area (Å²) in [6.45, 7) is 0.0166. The Morgan fingerprint density at radius 2 is 1.74 bits per heavy atom. The number of para-hydroxylation sites is 1. The summed E-state index contributed by atoms with van der Waals surface area (Å²) in [6.07, 6.45) is 0.471. The first kappa shape index (κ1) is 19.2. The summed E-state index contributed by atoms with van der Waals surface area (Å²) in [5.74, 6) is 0. The third-order valence-electron chi connectivity index (χ3n) is 4.01. The summed E-state index contributed by atoms with van der Waals surface area (Å²) in [5, 5.41) is 15.9. The highest BCUT2D eigenvalue weighted by molar-refractivity contribution is 6.35. The van der Waals surface area contributed by atoms with E-state index >= 15 is 0 Å². The summed E-state index contributed by atoms with van der Waals surface area (Å²) in [4.78, 5) is 12.4. The number of urea groups is 1. The van der Waals surface area contributed by atoms with Gasteiger partial charge >= 0.3 is 6.03 Å². The van der Waals surface area contributed by atoms with Crippen LogP contribution in [0.3, 0.4) is 0 Å². The van der Waals surface area contributed by atoms with Crippen molar-refractivity contribution < 1.29 is 9.90 Å². The summed E-state index contributed by atoms with van der Waals surface area (Å²) in [5.41, 5.74) is 3.80. The van der Waals surface area contributed by atoms with Crippen molar-refractivity contribution in [3.8, 4) is 11.1 Å². The van der Waals surface area contributed by atoms with E-state index in [1.807, 2.05) is 36.4 Å². The second-order valence-corrected chi connectivity index (χ2v) is 6.76. The Kier molecular flexibility index (Phi) is 6.35. The van der Waals surface area contributed by atoms with Gasteiger partial charge < -0.3 is 15.7 Å². The van der Waals surface area contributed by atoms with Crippen LogP contribution in [-0.4, -0.2) is 17.7 Å². The van der Waals surface area contributed by atoms with Gasteiger partial charge in [0.2, 0.25) is 0 Å². The Morgan fingerprint density at radius 3 is 2.56 bits per heavy atom. The summed E-state index contributed by atoms with van der Waals surface area (Å²) in [6, 6.07) is 19.6. The number of aliphatic hydroxyl groups excluding tert-OH is 1. The number of rotatable bonds is 5. The van der Waals surface area contributed by atoms with Crippen LogP contribution < -0.4 is 10.6 Å². The molecule has 3 aromatic rings. The summed E-state index contributed by atoms with van der Waals surface area (Å²) in [7, 11) is 0. The van der Waals surface area contributed by atoms with E-state index in [9.17, 15) is 4.79 Å². The van der Waals surface area contributed by atoms with Crippen LogP contribution in [0.25, 0.3) is 11.1 Å². The highest BCUT2D eigenvalue weighted by Gasteiger charge is 2.09. The Labute approximate surface area is 167 Å². The van der Waals surface area contributed by atoms with Gasteiger partial charge in [0.05, 0.1) is 0 Å². The number of aliphatic hydroxyl groups is 1. The van der Waals surface area contributed by atoms with Crippen molar-refractivity contribution in [1.29, 1.82) is 0 Å². The third-order valence-corrected chi connectivity index (χ3v) is 4.57. The fourth-order valence-corrected chi connectivity index (χ4v) is 3.15. The lowest BCUT2D eigenvalue weighted by atomic mass is 10.1. The van der Waals surface area contributed by atoms with E-state index in [1.165, 1.54) is 0 Å². The van der Waals surface area contributed by atoms with Gasteiger partial charge in [-0.2, -0.15) is 0 Å². The smallest absolute Gasteiger partial charge is 0.323 e. The zero-order valence-corrected chi connectivity index (χ0v) is 15.9. The molecule has 0 saturated heterocycles. The van der Waals surface area contributed by atoms with Crippen LogP contribution in [0.5, 0.6) is 0 Å². The molecule has 0 fully saturated rings. The molecule has 0 unspecified atom stereocenters. The van der Waals surface area contributed by atoms with Gasteiger partial charge in [-0.25, -0.2) is 4.79 Å². The fraction of sp³-hybridized carbons (Fsp3) is 0.0952. The molecule has 0 aliphatic carbocycles. The topological polar surface area (TPSA) is 61.4 Å². The molecule has 0 atom stereocenters. The van der Waals surface area contributed by atoms with E-state index < -0.39 is 0 Å². The molecule has 6 heteroatoms. The SMILES string of the molecule is O=C(Nc1cccc(-c2cc(Cl)ccc2Cl)c1)Nc1ccccc1CCO. The monoisotopic (exact) mass is 400 g/mol. The van der Waals surface area contributed by atoms with Crippen molar-refractivity contribution >= 4 is 40.6 Å². The van der Waals surface area contributed by atoms with Gasteiger partial charge in [-0.3, -0.25) is 0 Å². The molecule has 27 heavy (non-hydrogen) atoms. The van der Waals surface area contributed by atoms with Crippen LogP contribution in [0.1, 0.15) is 5.56 Å². The quantitative estimate of drug-likeness (QED) is 0.503. The molecule has 3 rings (SSSR count). The van der Waals surface area contributed by atoms with Crippen molar-refractivity contribution in [2.24, 2.45) is 0 Å². The minimum Gasteiger partial charge on any atom is -0.396 e. The molecular formula is C21H18Cl2N2O2. The molecule has 0 spiro atoms. The van der Waals surface area contributed by atoms with E-state index in [-0.39, 0.29) is 12.6 Å². The Hall–Kier alpha value is -2.53. The Morgan fingerprint density at radius 1 is 0.926 bits per heavy atom. The highest BCUT2D eigenvalue weighted by Crippen LogP contribution is 2.32. The largest absolute Gasteiger partial charge is 0.396 e. The average molecular weight is 401 g/mol. The summed E-state index contributed by atoms with van der Waals surface area (Å²) < 4.78 is 0. The van der Waals surface area contributed by atoms with Gasteiger partial charge in [0, 0.05) is 33.6 Å². The second kappa shape index (κ2) is 8.91. The van der Waals surface area contributed by atoms with Crippen LogP contribution in [0.4, 0.5) is 16.2 Å². The maximum Gasteiger partial charge on any atom is 0.323 e. The molecule has 0 heterocycles. The molecule has 0 saturated carbocycles. The minimum atomic E-state index is -0.366. The number of hydrogen-bond donors (Lipinski definition) is 3. The molecule has 0 radical (unpaired) electrons. The highest BCUT2D eigenvalue weighted by atomic mass is 35.5. The predicted molar refractivity (Wildman–Crippen MR) is 112 cm³/mol. The lowest BCUT2D eigenvalue weighted by molar-refractivity contribution is 0.262. The van der Waals surface area contributed by atoms with Gasteiger partial charge in [-0.1, -0.05) is 53.5 Å². The molecule has 3 aromatic carbocycles. The minimum absolute atomic E-state index is 0.0166. The number of nitrogens with one attached hydrogen (secondary N) is 2. The fourth-order valence-electron chi connectivity index (χ4n) is 2.75. The molecule has 0 aromatic heterocycles. The zero-order chi connectivity index (χ0) is 19.2. The number of amides is 2. The Bertz CT molecular complexity index is 960. The number of halogens is 2. The summed E-state index contributed by atoms with van der Waals surface area (Å²) >= 11 is 12.3. The maximum atomic E-state index is 12.4. The first-order chi connectivity index (χ1) is 13.1. The van der Waals surface area contributed by atoms with Crippen LogP contribution in [-0.2, 0) is 6.42 Å². The van der Waals surface area contributed by atoms with Gasteiger partial charge in [0.1, 0.15) is 0 Å². The van der Waals surface area contributed by atoms with Crippen LogP contribution in [0, 0.1) is 0 Å². The van der Waals surface area contributed by atoms with Crippen molar-refractivity contribution in [3.63, 3.8) is 0 Å². The van der Waals surface area contributed by atoms with Crippen LogP contribution in [0.2, 0.25) is 10.0 Å². The standard InChI is InChI=1S/C21H18Cl2N2O2/c22-16-8-9-19(23)18(13-16)15-5-3-6-17(12-15)24-21(27)25-20-7-2-1-4-14(20)10-11-26/h1-9,12-13,26H,10-11H2,(H2,24,25,27). The zero-order valence-electron chi connectivity index (χ0n) is 14.4. The molecule has 4 nitrogen and oxygen atoms in total. The second-order valence-electron chi connectivity index (χ2n) is 5.91. The van der Waals surface area contributed by atoms with Crippen LogP contribution in [0.15, 0.2) is 66.7 Å². The third kappa shape index (κ3) is 5.01. The number of anilines is 2. The van der Waals surface area contributed by atoms with Crippen molar-refractivity contribution in [2.45, 2.75) is 6.42 Å². The molecular weight excluding hydrogens is 383 g/mol. The normalized spacial score (nSPS) is 10.5. The van der Waals surface area contributed by atoms with E-state index in [4.69, 9.17) is 28.3 Å². The number of benzene rings is 3. The Balaban J connectivity index is 1.77. The first-order valence-corrected chi connectivity index (χ1v) is 9.14.